The Balaban J connectivity index is 1.18. The van der Waals surface area contributed by atoms with Crippen molar-refractivity contribution >= 4 is 11.9 Å². The van der Waals surface area contributed by atoms with Gasteiger partial charge in [-0.2, -0.15) is 0 Å². The van der Waals surface area contributed by atoms with Crippen LogP contribution in [-0.4, -0.2) is 58.0 Å². The molecule has 1 saturated heterocycles. The summed E-state index contributed by atoms with van der Waals surface area (Å²) in [6.07, 6.45) is 9.40. The quantitative estimate of drug-likeness (QED) is 0.598. The number of oxazole rings is 1. The lowest BCUT2D eigenvalue weighted by Gasteiger charge is -2.34. The van der Waals surface area contributed by atoms with Gasteiger partial charge in [0.05, 0.1) is 5.69 Å². The van der Waals surface area contributed by atoms with Crippen LogP contribution in [0.15, 0.2) is 47.1 Å². The van der Waals surface area contributed by atoms with E-state index in [9.17, 15) is 4.79 Å². The highest BCUT2D eigenvalue weighted by atomic mass is 16.4. The van der Waals surface area contributed by atoms with Crippen LogP contribution in [0, 0.1) is 6.92 Å². The summed E-state index contributed by atoms with van der Waals surface area (Å²) in [4.78, 5) is 30.7. The Morgan fingerprint density at radius 1 is 1.03 bits per heavy atom. The molecule has 0 bridgehead atoms. The number of hydrogen-bond acceptors (Lipinski definition) is 7. The maximum atomic E-state index is 12.6. The van der Waals surface area contributed by atoms with E-state index < -0.39 is 0 Å². The molecule has 1 aromatic carbocycles. The number of piperazine rings is 1. The molecule has 1 aliphatic heterocycles. The van der Waals surface area contributed by atoms with Crippen LogP contribution in [0.2, 0.25) is 0 Å². The monoisotopic (exact) mass is 460 g/mol. The molecule has 1 amide bonds. The Morgan fingerprint density at radius 3 is 2.44 bits per heavy atom. The minimum atomic E-state index is 0.00256. The molecule has 8 nitrogen and oxygen atoms in total. The lowest BCUT2D eigenvalue weighted by atomic mass is 9.95. The summed E-state index contributed by atoms with van der Waals surface area (Å²) in [5.74, 6) is 2.23. The number of anilines is 1. The molecule has 0 radical (unpaired) electrons. The van der Waals surface area contributed by atoms with Crippen LogP contribution >= 0.6 is 0 Å². The van der Waals surface area contributed by atoms with E-state index in [1.807, 2.05) is 37.3 Å². The van der Waals surface area contributed by atoms with Crippen molar-refractivity contribution in [1.82, 2.24) is 25.2 Å². The Bertz CT molecular complexity index is 1080. The zero-order valence-electron chi connectivity index (χ0n) is 19.7. The number of aryl methyl sites for hydroxylation is 1. The molecule has 2 aromatic heterocycles. The topological polar surface area (TPSA) is 87.4 Å². The molecule has 3 heterocycles. The van der Waals surface area contributed by atoms with Gasteiger partial charge in [0.2, 0.25) is 11.8 Å². The van der Waals surface area contributed by atoms with E-state index in [4.69, 9.17) is 9.40 Å². The van der Waals surface area contributed by atoms with Gasteiger partial charge >= 0.3 is 0 Å². The molecular formula is C26H32N6O2. The van der Waals surface area contributed by atoms with Gasteiger partial charge in [-0.15, -0.1) is 0 Å². The average Bonchev–Trinajstić information content (AvgIpc) is 3.25. The van der Waals surface area contributed by atoms with Gasteiger partial charge in [-0.3, -0.25) is 9.69 Å². The second kappa shape index (κ2) is 10.3. The third kappa shape index (κ3) is 5.28. The number of nitrogens with zero attached hydrogens (tertiary/aromatic N) is 5. The molecule has 0 spiro atoms. The first-order valence-corrected chi connectivity index (χ1v) is 12.3. The predicted octanol–water partition coefficient (Wildman–Crippen LogP) is 3.82. The van der Waals surface area contributed by atoms with Crippen LogP contribution in [-0.2, 0) is 6.54 Å². The molecule has 34 heavy (non-hydrogen) atoms. The van der Waals surface area contributed by atoms with Gasteiger partial charge in [-0.1, -0.05) is 19.3 Å². The van der Waals surface area contributed by atoms with Crippen molar-refractivity contribution in [1.29, 1.82) is 0 Å². The van der Waals surface area contributed by atoms with Gasteiger partial charge in [0.15, 0.2) is 0 Å². The van der Waals surface area contributed by atoms with E-state index in [2.05, 4.69) is 25.1 Å². The van der Waals surface area contributed by atoms with E-state index in [-0.39, 0.29) is 5.91 Å². The van der Waals surface area contributed by atoms with Gasteiger partial charge < -0.3 is 14.6 Å². The summed E-state index contributed by atoms with van der Waals surface area (Å²) in [6, 6.07) is 9.70. The van der Waals surface area contributed by atoms with Crippen molar-refractivity contribution in [2.75, 3.05) is 31.1 Å². The molecule has 5 rings (SSSR count). The molecule has 8 heteroatoms. The van der Waals surface area contributed by atoms with E-state index >= 15 is 0 Å². The molecule has 2 aliphatic rings. The second-order valence-electron chi connectivity index (χ2n) is 9.22. The maximum absolute atomic E-state index is 12.6. The lowest BCUT2D eigenvalue weighted by Crippen LogP contribution is -2.46. The smallest absolute Gasteiger partial charge is 0.251 e. The molecule has 178 valence electrons. The molecular weight excluding hydrogens is 428 g/mol. The first-order valence-electron chi connectivity index (χ1n) is 12.3. The number of benzene rings is 1. The zero-order chi connectivity index (χ0) is 23.3. The summed E-state index contributed by atoms with van der Waals surface area (Å²) in [7, 11) is 0. The lowest BCUT2D eigenvalue weighted by molar-refractivity contribution is 0.0927. The summed E-state index contributed by atoms with van der Waals surface area (Å²) in [6.45, 7) is 6.33. The van der Waals surface area contributed by atoms with Gasteiger partial charge in [0.1, 0.15) is 5.76 Å². The van der Waals surface area contributed by atoms with Crippen LogP contribution in [0.4, 0.5) is 5.95 Å². The minimum Gasteiger partial charge on any atom is -0.441 e. The molecule has 1 aliphatic carbocycles. The number of amides is 1. The largest absolute Gasteiger partial charge is 0.441 e. The van der Waals surface area contributed by atoms with Crippen molar-refractivity contribution in [2.45, 2.75) is 51.6 Å². The van der Waals surface area contributed by atoms with E-state index in [1.54, 1.807) is 12.4 Å². The number of nitrogens with one attached hydrogen (secondary N) is 1. The zero-order valence-corrected chi connectivity index (χ0v) is 19.7. The van der Waals surface area contributed by atoms with Crippen molar-refractivity contribution in [2.24, 2.45) is 0 Å². The van der Waals surface area contributed by atoms with Crippen LogP contribution in [0.25, 0.3) is 11.5 Å². The summed E-state index contributed by atoms with van der Waals surface area (Å²) >= 11 is 0. The summed E-state index contributed by atoms with van der Waals surface area (Å²) in [5.41, 5.74) is 2.52. The van der Waals surface area contributed by atoms with Crippen molar-refractivity contribution in [3.63, 3.8) is 0 Å². The van der Waals surface area contributed by atoms with E-state index in [0.717, 1.165) is 68.5 Å². The number of carbonyl (C=O) groups is 1. The highest BCUT2D eigenvalue weighted by Crippen LogP contribution is 2.24. The predicted molar refractivity (Wildman–Crippen MR) is 131 cm³/mol. The first-order chi connectivity index (χ1) is 16.7. The first kappa shape index (κ1) is 22.5. The minimum absolute atomic E-state index is 0.00256. The fraction of sp³-hybridized carbons (Fsp3) is 0.462. The van der Waals surface area contributed by atoms with E-state index in [0.29, 0.717) is 17.5 Å². The van der Waals surface area contributed by atoms with Crippen molar-refractivity contribution < 1.29 is 9.21 Å². The fourth-order valence-electron chi connectivity index (χ4n) is 4.75. The highest BCUT2D eigenvalue weighted by molar-refractivity contribution is 5.94. The normalized spacial score (nSPS) is 17.6. The molecule has 1 N–H and O–H groups in total. The number of carbonyl (C=O) groups excluding carboxylic acids is 1. The average molecular weight is 461 g/mol. The molecule has 3 aromatic rings. The molecule has 0 atom stereocenters. The fourth-order valence-corrected chi connectivity index (χ4v) is 4.75. The van der Waals surface area contributed by atoms with E-state index in [1.165, 1.54) is 19.3 Å². The molecule has 2 fully saturated rings. The summed E-state index contributed by atoms with van der Waals surface area (Å²) < 4.78 is 5.99. The molecule has 0 unspecified atom stereocenters. The third-order valence-electron chi connectivity index (χ3n) is 6.81. The van der Waals surface area contributed by atoms with Crippen LogP contribution in [0.5, 0.6) is 0 Å². The number of hydrogen-bond donors (Lipinski definition) is 1. The standard InChI is InChI=1S/C26H32N6O2/c1-19-23(18-31-14-16-32(17-15-31)26-27-12-5-13-28-26)30-25(34-19)21-10-8-20(9-11-21)24(33)29-22-6-3-2-4-7-22/h5,8-13,22H,2-4,6-7,14-18H2,1H3,(H,29,33). The third-order valence-corrected chi connectivity index (χ3v) is 6.81. The van der Waals surface area contributed by atoms with Gasteiger partial charge in [0.25, 0.3) is 5.91 Å². The Labute approximate surface area is 200 Å². The van der Waals surface area contributed by atoms with Crippen LogP contribution in [0.3, 0.4) is 0 Å². The van der Waals surface area contributed by atoms with Gasteiger partial charge in [-0.25, -0.2) is 15.0 Å². The van der Waals surface area contributed by atoms with Crippen LogP contribution in [0.1, 0.15) is 53.9 Å². The number of aromatic nitrogens is 3. The van der Waals surface area contributed by atoms with Crippen LogP contribution < -0.4 is 10.2 Å². The number of rotatable bonds is 6. The summed E-state index contributed by atoms with van der Waals surface area (Å²) in [5, 5.41) is 3.17. The molecule has 1 saturated carbocycles. The Hall–Kier alpha value is -3.26. The maximum Gasteiger partial charge on any atom is 0.251 e. The van der Waals surface area contributed by atoms with Gasteiger partial charge in [0, 0.05) is 62.3 Å². The Kier molecular flexibility index (Phi) is 6.85. The second-order valence-corrected chi connectivity index (χ2v) is 9.22. The van der Waals surface area contributed by atoms with Crippen molar-refractivity contribution in [3.05, 3.63) is 59.7 Å². The SMILES string of the molecule is Cc1oc(-c2ccc(C(=O)NC3CCCCC3)cc2)nc1CN1CCN(c2ncccn2)CC1. The Morgan fingerprint density at radius 2 is 1.74 bits per heavy atom. The van der Waals surface area contributed by atoms with Crippen molar-refractivity contribution in [3.8, 4) is 11.5 Å². The highest BCUT2D eigenvalue weighted by Gasteiger charge is 2.22. The van der Waals surface area contributed by atoms with Gasteiger partial charge in [-0.05, 0) is 50.1 Å².